The molecule has 6 nitrogen and oxygen atoms in total. The van der Waals surface area contributed by atoms with Crippen molar-refractivity contribution in [2.45, 2.75) is 38.4 Å². The normalized spacial score (nSPS) is 28.6. The van der Waals surface area contributed by atoms with Crippen LogP contribution < -0.4 is 0 Å². The molecular formula is C15H28N2O4S. The lowest BCUT2D eigenvalue weighted by molar-refractivity contribution is -0.135. The van der Waals surface area contributed by atoms with Crippen LogP contribution in [0.2, 0.25) is 0 Å². The predicted molar refractivity (Wildman–Crippen MR) is 84.9 cm³/mol. The van der Waals surface area contributed by atoms with Gasteiger partial charge in [0.05, 0.1) is 5.25 Å². The minimum Gasteiger partial charge on any atom is -0.375 e. The summed E-state index contributed by atoms with van der Waals surface area (Å²) in [7, 11) is -1.70. The molecule has 0 N–H and O–H groups in total. The molecule has 0 aromatic carbocycles. The molecular weight excluding hydrogens is 304 g/mol. The molecule has 2 fully saturated rings. The highest BCUT2D eigenvalue weighted by Crippen LogP contribution is 2.34. The van der Waals surface area contributed by atoms with Gasteiger partial charge in [-0.25, -0.2) is 12.7 Å². The molecule has 2 rings (SSSR count). The molecule has 2 atom stereocenters. The molecule has 1 amide bonds. The number of sulfonamides is 1. The lowest BCUT2D eigenvalue weighted by Gasteiger charge is -2.22. The number of hydrogen-bond acceptors (Lipinski definition) is 4. The average molecular weight is 332 g/mol. The monoisotopic (exact) mass is 332 g/mol. The highest BCUT2D eigenvalue weighted by atomic mass is 32.2. The fourth-order valence-electron chi connectivity index (χ4n) is 3.38. The van der Waals surface area contributed by atoms with Crippen molar-refractivity contribution in [3.05, 3.63) is 0 Å². The zero-order chi connectivity index (χ0) is 16.3. The van der Waals surface area contributed by atoms with Gasteiger partial charge >= 0.3 is 0 Å². The summed E-state index contributed by atoms with van der Waals surface area (Å²) in [6.45, 7) is 6.69. The molecule has 0 aromatic heterocycles. The Labute approximate surface area is 133 Å². The summed E-state index contributed by atoms with van der Waals surface area (Å²) in [4.78, 5) is 13.7. The minimum atomic E-state index is -3.20. The van der Waals surface area contributed by atoms with Crippen LogP contribution in [0.5, 0.6) is 0 Å². The maximum absolute atomic E-state index is 12.7. The summed E-state index contributed by atoms with van der Waals surface area (Å²) in [5.41, 5.74) is 0. The third-order valence-electron chi connectivity index (χ3n) is 4.74. The van der Waals surface area contributed by atoms with E-state index >= 15 is 0 Å². The first kappa shape index (κ1) is 17.7. The first-order valence-electron chi connectivity index (χ1n) is 8.12. The SMILES string of the molecule is COCC(=O)N1CC[C@H]2CN(CCC(C)C)S(=O)(=O)[C@H]2CC1. The van der Waals surface area contributed by atoms with Crippen molar-refractivity contribution >= 4 is 15.9 Å². The molecule has 0 unspecified atom stereocenters. The van der Waals surface area contributed by atoms with Crippen LogP contribution >= 0.6 is 0 Å². The van der Waals surface area contributed by atoms with Gasteiger partial charge in [0.25, 0.3) is 0 Å². The van der Waals surface area contributed by atoms with Crippen LogP contribution in [0.1, 0.15) is 33.1 Å². The zero-order valence-corrected chi connectivity index (χ0v) is 14.6. The maximum Gasteiger partial charge on any atom is 0.248 e. The van der Waals surface area contributed by atoms with Crippen molar-refractivity contribution in [1.29, 1.82) is 0 Å². The summed E-state index contributed by atoms with van der Waals surface area (Å²) in [6.07, 6.45) is 2.20. The first-order valence-corrected chi connectivity index (χ1v) is 9.62. The Kier molecular flexibility index (Phi) is 5.85. The van der Waals surface area contributed by atoms with Crippen molar-refractivity contribution < 1.29 is 17.9 Å². The number of carbonyl (C=O) groups excluding carboxylic acids is 1. The Hall–Kier alpha value is -0.660. The van der Waals surface area contributed by atoms with Crippen LogP contribution in [-0.2, 0) is 19.6 Å². The van der Waals surface area contributed by atoms with Gasteiger partial charge in [0.2, 0.25) is 15.9 Å². The fourth-order valence-corrected chi connectivity index (χ4v) is 5.63. The zero-order valence-electron chi connectivity index (χ0n) is 13.8. The first-order chi connectivity index (χ1) is 10.4. The van der Waals surface area contributed by atoms with E-state index in [1.54, 1.807) is 9.21 Å². The Morgan fingerprint density at radius 3 is 2.59 bits per heavy atom. The van der Waals surface area contributed by atoms with E-state index in [4.69, 9.17) is 4.74 Å². The van der Waals surface area contributed by atoms with E-state index in [1.807, 2.05) is 0 Å². The molecule has 0 bridgehead atoms. The van der Waals surface area contributed by atoms with Crippen molar-refractivity contribution in [3.8, 4) is 0 Å². The Morgan fingerprint density at radius 2 is 1.95 bits per heavy atom. The molecule has 22 heavy (non-hydrogen) atoms. The number of methoxy groups -OCH3 is 1. The summed E-state index contributed by atoms with van der Waals surface area (Å²) in [5, 5.41) is -0.319. The van der Waals surface area contributed by atoms with Crippen molar-refractivity contribution in [2.75, 3.05) is 39.9 Å². The highest BCUT2D eigenvalue weighted by molar-refractivity contribution is 7.90. The third kappa shape index (κ3) is 3.81. The minimum absolute atomic E-state index is 0.0449. The van der Waals surface area contributed by atoms with Crippen LogP contribution in [0.4, 0.5) is 0 Å². The molecule has 2 heterocycles. The highest BCUT2D eigenvalue weighted by Gasteiger charge is 2.46. The Morgan fingerprint density at radius 1 is 1.27 bits per heavy atom. The second-order valence-electron chi connectivity index (χ2n) is 6.78. The molecule has 2 aliphatic rings. The summed E-state index contributed by atoms with van der Waals surface area (Å²) >= 11 is 0. The topological polar surface area (TPSA) is 66.9 Å². The molecule has 128 valence electrons. The van der Waals surface area contributed by atoms with E-state index in [9.17, 15) is 13.2 Å². The predicted octanol–water partition coefficient (Wildman–Crippen LogP) is 0.932. The molecule has 2 aliphatic heterocycles. The van der Waals surface area contributed by atoms with Crippen LogP contribution in [0.15, 0.2) is 0 Å². The summed E-state index contributed by atoms with van der Waals surface area (Å²) < 4.78 is 31.9. The summed E-state index contributed by atoms with van der Waals surface area (Å²) in [6, 6.07) is 0. The fraction of sp³-hybridized carbons (Fsp3) is 0.933. The molecule has 0 radical (unpaired) electrons. The number of ether oxygens (including phenoxy) is 1. The van der Waals surface area contributed by atoms with Crippen molar-refractivity contribution in [1.82, 2.24) is 9.21 Å². The number of fused-ring (bicyclic) bond motifs is 1. The summed E-state index contributed by atoms with van der Waals surface area (Å²) in [5.74, 6) is 0.608. The molecule has 7 heteroatoms. The number of rotatable bonds is 5. The van der Waals surface area contributed by atoms with Crippen molar-refractivity contribution in [3.63, 3.8) is 0 Å². The van der Waals surface area contributed by atoms with Crippen LogP contribution in [-0.4, -0.2) is 68.7 Å². The van der Waals surface area contributed by atoms with Gasteiger partial charge in [-0.1, -0.05) is 13.8 Å². The lowest BCUT2D eigenvalue weighted by Crippen LogP contribution is -2.36. The lowest BCUT2D eigenvalue weighted by atomic mass is 10.0. The molecule has 0 spiro atoms. The second-order valence-corrected chi connectivity index (χ2v) is 8.93. The van der Waals surface area contributed by atoms with Crippen LogP contribution in [0, 0.1) is 11.8 Å². The van der Waals surface area contributed by atoms with Crippen LogP contribution in [0.3, 0.4) is 0 Å². The number of amides is 1. The standard InChI is InChI=1S/C15H28N2O4S/c1-12(2)4-9-17-10-13-5-7-16(15(18)11-21-3)8-6-14(13)22(17,19)20/h12-14H,4-11H2,1-3H3/t13-,14-/m0/s1. The number of hydrogen-bond donors (Lipinski definition) is 0. The quantitative estimate of drug-likeness (QED) is 0.751. The van der Waals surface area contributed by atoms with Crippen LogP contribution in [0.25, 0.3) is 0 Å². The van der Waals surface area contributed by atoms with Gasteiger partial charge in [0.1, 0.15) is 6.61 Å². The Bertz CT molecular complexity index is 492. The molecule has 0 aromatic rings. The van der Waals surface area contributed by atoms with Gasteiger partial charge in [-0.2, -0.15) is 0 Å². The third-order valence-corrected chi connectivity index (χ3v) is 7.17. The maximum atomic E-state index is 12.7. The van der Waals surface area contributed by atoms with Crippen molar-refractivity contribution in [2.24, 2.45) is 11.8 Å². The van der Waals surface area contributed by atoms with Gasteiger partial charge < -0.3 is 9.64 Å². The van der Waals surface area contributed by atoms with Gasteiger partial charge in [0.15, 0.2) is 0 Å². The van der Waals surface area contributed by atoms with E-state index in [1.165, 1.54) is 7.11 Å². The van der Waals surface area contributed by atoms with Gasteiger partial charge in [-0.3, -0.25) is 4.79 Å². The van der Waals surface area contributed by atoms with E-state index in [2.05, 4.69) is 13.8 Å². The largest absolute Gasteiger partial charge is 0.375 e. The van der Waals surface area contributed by atoms with Gasteiger partial charge in [0, 0.05) is 33.3 Å². The average Bonchev–Trinajstić information content (AvgIpc) is 2.60. The molecule has 0 saturated carbocycles. The van der Waals surface area contributed by atoms with E-state index < -0.39 is 10.0 Å². The smallest absolute Gasteiger partial charge is 0.248 e. The van der Waals surface area contributed by atoms with E-state index in [0.717, 1.165) is 12.8 Å². The second kappa shape index (κ2) is 7.27. The number of likely N-dealkylation sites (tertiary alicyclic amines) is 1. The van der Waals surface area contributed by atoms with E-state index in [-0.39, 0.29) is 23.7 Å². The van der Waals surface area contributed by atoms with E-state index in [0.29, 0.717) is 38.5 Å². The number of nitrogens with zero attached hydrogens (tertiary/aromatic N) is 2. The molecule has 0 aliphatic carbocycles. The Balaban J connectivity index is 2.01. The number of carbonyl (C=O) groups is 1. The van der Waals surface area contributed by atoms with Gasteiger partial charge in [-0.05, 0) is 31.1 Å². The van der Waals surface area contributed by atoms with Gasteiger partial charge in [-0.15, -0.1) is 0 Å². The molecule has 2 saturated heterocycles.